The normalized spacial score (nSPS) is 22.9. The molecule has 2 N–H and O–H groups in total. The molecule has 2 fully saturated rings. The number of benzene rings is 1. The lowest BCUT2D eigenvalue weighted by atomic mass is 9.94. The number of anilines is 1. The summed E-state index contributed by atoms with van der Waals surface area (Å²) >= 11 is 0. The summed E-state index contributed by atoms with van der Waals surface area (Å²) in [5, 5.41) is 12.1. The number of rotatable bonds is 5. The summed E-state index contributed by atoms with van der Waals surface area (Å²) in [6.45, 7) is 6.28. The van der Waals surface area contributed by atoms with Gasteiger partial charge in [0, 0.05) is 31.7 Å². The van der Waals surface area contributed by atoms with Gasteiger partial charge < -0.3 is 10.4 Å². The van der Waals surface area contributed by atoms with Crippen molar-refractivity contribution in [3.8, 4) is 0 Å². The highest BCUT2D eigenvalue weighted by Gasteiger charge is 2.31. The lowest BCUT2D eigenvalue weighted by molar-refractivity contribution is -0.144. The van der Waals surface area contributed by atoms with Crippen molar-refractivity contribution in [2.75, 3.05) is 31.5 Å². The van der Waals surface area contributed by atoms with E-state index in [1.165, 1.54) is 12.5 Å². The van der Waals surface area contributed by atoms with E-state index in [4.69, 9.17) is 0 Å². The number of carboxylic acids is 1. The molecule has 6 heteroatoms. The standard InChI is InChI=1S/C20H29N3O3/c1-15(24)21-18-6-4-16(5-7-18)13-22-11-8-19(9-12-22)23-10-2-3-17(14-23)20(25)26/h4-7,17,19H,2-3,8-14H2,1H3,(H,21,24)(H,25,26). The number of carbonyl (C=O) groups is 2. The Labute approximate surface area is 155 Å². The molecule has 1 aromatic carbocycles. The van der Waals surface area contributed by atoms with Crippen molar-refractivity contribution in [1.82, 2.24) is 9.80 Å². The summed E-state index contributed by atoms with van der Waals surface area (Å²) in [5.74, 6) is -0.888. The van der Waals surface area contributed by atoms with E-state index in [2.05, 4.69) is 27.2 Å². The third-order valence-corrected chi connectivity index (χ3v) is 5.56. The molecule has 0 aliphatic carbocycles. The van der Waals surface area contributed by atoms with Crippen LogP contribution in [0.1, 0.15) is 38.2 Å². The van der Waals surface area contributed by atoms with Crippen molar-refractivity contribution in [1.29, 1.82) is 0 Å². The topological polar surface area (TPSA) is 72.9 Å². The molecule has 1 aromatic rings. The fourth-order valence-electron chi connectivity index (χ4n) is 4.14. The summed E-state index contributed by atoms with van der Waals surface area (Å²) < 4.78 is 0. The Hall–Kier alpha value is -1.92. The second-order valence-corrected chi connectivity index (χ2v) is 7.56. The number of amides is 1. The fraction of sp³-hybridized carbons (Fsp3) is 0.600. The molecule has 0 spiro atoms. The molecule has 0 aromatic heterocycles. The van der Waals surface area contributed by atoms with E-state index in [1.807, 2.05) is 12.1 Å². The average molecular weight is 359 g/mol. The summed E-state index contributed by atoms with van der Waals surface area (Å²) in [7, 11) is 0. The molecule has 0 bridgehead atoms. The molecular weight excluding hydrogens is 330 g/mol. The Morgan fingerprint density at radius 3 is 2.42 bits per heavy atom. The molecule has 1 unspecified atom stereocenters. The number of carbonyl (C=O) groups excluding carboxylic acids is 1. The van der Waals surface area contributed by atoms with Crippen LogP contribution in [0.25, 0.3) is 0 Å². The molecule has 3 rings (SSSR count). The highest BCUT2D eigenvalue weighted by atomic mass is 16.4. The fourth-order valence-corrected chi connectivity index (χ4v) is 4.14. The maximum atomic E-state index is 11.3. The van der Waals surface area contributed by atoms with Crippen LogP contribution in [0.5, 0.6) is 0 Å². The van der Waals surface area contributed by atoms with Gasteiger partial charge in [0.1, 0.15) is 0 Å². The molecule has 1 atom stereocenters. The maximum absolute atomic E-state index is 11.3. The maximum Gasteiger partial charge on any atom is 0.307 e. The molecule has 142 valence electrons. The molecule has 6 nitrogen and oxygen atoms in total. The first kappa shape index (κ1) is 18.9. The number of nitrogens with one attached hydrogen (secondary N) is 1. The smallest absolute Gasteiger partial charge is 0.307 e. The number of hydrogen-bond acceptors (Lipinski definition) is 4. The van der Waals surface area contributed by atoms with Crippen LogP contribution in [0.4, 0.5) is 5.69 Å². The average Bonchev–Trinajstić information content (AvgIpc) is 2.64. The van der Waals surface area contributed by atoms with Gasteiger partial charge in [-0.15, -0.1) is 0 Å². The van der Waals surface area contributed by atoms with Gasteiger partial charge in [0.25, 0.3) is 0 Å². The van der Waals surface area contributed by atoms with Gasteiger partial charge in [-0.1, -0.05) is 12.1 Å². The number of aliphatic carboxylic acids is 1. The van der Waals surface area contributed by atoms with Crippen LogP contribution >= 0.6 is 0 Å². The zero-order valence-electron chi connectivity index (χ0n) is 15.5. The second-order valence-electron chi connectivity index (χ2n) is 7.56. The minimum absolute atomic E-state index is 0.0531. The number of likely N-dealkylation sites (tertiary alicyclic amines) is 2. The van der Waals surface area contributed by atoms with E-state index in [1.54, 1.807) is 0 Å². The predicted molar refractivity (Wildman–Crippen MR) is 101 cm³/mol. The molecule has 1 amide bonds. The third-order valence-electron chi connectivity index (χ3n) is 5.56. The van der Waals surface area contributed by atoms with Crippen LogP contribution in [0.15, 0.2) is 24.3 Å². The summed E-state index contributed by atoms with van der Waals surface area (Å²) in [4.78, 5) is 27.2. The predicted octanol–water partition coefficient (Wildman–Crippen LogP) is 2.41. The Balaban J connectivity index is 1.46. The first-order valence-electron chi connectivity index (χ1n) is 9.57. The van der Waals surface area contributed by atoms with Gasteiger partial charge in [0.05, 0.1) is 5.92 Å². The molecule has 2 aliphatic rings. The Morgan fingerprint density at radius 1 is 1.12 bits per heavy atom. The lowest BCUT2D eigenvalue weighted by Gasteiger charge is -2.41. The van der Waals surface area contributed by atoms with Gasteiger partial charge in [0.2, 0.25) is 5.91 Å². The van der Waals surface area contributed by atoms with Crippen molar-refractivity contribution in [3.63, 3.8) is 0 Å². The van der Waals surface area contributed by atoms with Crippen molar-refractivity contribution >= 4 is 17.6 Å². The number of piperidine rings is 2. The SMILES string of the molecule is CC(=O)Nc1ccc(CN2CCC(N3CCCC(C(=O)O)C3)CC2)cc1. The van der Waals surface area contributed by atoms with Crippen LogP contribution in [-0.4, -0.2) is 59.0 Å². The lowest BCUT2D eigenvalue weighted by Crippen LogP contribution is -2.49. The Morgan fingerprint density at radius 2 is 1.81 bits per heavy atom. The largest absolute Gasteiger partial charge is 0.481 e. The minimum atomic E-state index is -0.644. The van der Waals surface area contributed by atoms with Crippen molar-refractivity contribution in [3.05, 3.63) is 29.8 Å². The Bertz CT molecular complexity index is 624. The summed E-state index contributed by atoms with van der Waals surface area (Å²) in [5.41, 5.74) is 2.08. The summed E-state index contributed by atoms with van der Waals surface area (Å²) in [6.07, 6.45) is 4.03. The zero-order chi connectivity index (χ0) is 18.5. The minimum Gasteiger partial charge on any atom is -0.481 e. The Kier molecular flexibility index (Phi) is 6.27. The third kappa shape index (κ3) is 5.05. The second kappa shape index (κ2) is 8.64. The highest BCUT2D eigenvalue weighted by molar-refractivity contribution is 5.88. The molecule has 26 heavy (non-hydrogen) atoms. The monoisotopic (exact) mass is 359 g/mol. The highest BCUT2D eigenvalue weighted by Crippen LogP contribution is 2.25. The van der Waals surface area contributed by atoms with Crippen LogP contribution in [-0.2, 0) is 16.1 Å². The molecule has 0 saturated carbocycles. The van der Waals surface area contributed by atoms with Gasteiger partial charge in [-0.2, -0.15) is 0 Å². The van der Waals surface area contributed by atoms with E-state index in [0.717, 1.165) is 57.5 Å². The van der Waals surface area contributed by atoms with Gasteiger partial charge in [-0.05, 0) is 63.0 Å². The van der Waals surface area contributed by atoms with Gasteiger partial charge in [0.15, 0.2) is 0 Å². The van der Waals surface area contributed by atoms with E-state index in [-0.39, 0.29) is 11.8 Å². The number of nitrogens with zero attached hydrogens (tertiary/aromatic N) is 2. The van der Waals surface area contributed by atoms with Crippen molar-refractivity contribution in [2.24, 2.45) is 5.92 Å². The molecule has 2 heterocycles. The van der Waals surface area contributed by atoms with Crippen molar-refractivity contribution < 1.29 is 14.7 Å². The molecule has 2 aliphatic heterocycles. The number of carboxylic acid groups (broad SMARTS) is 1. The first-order chi connectivity index (χ1) is 12.5. The zero-order valence-corrected chi connectivity index (χ0v) is 15.5. The van der Waals surface area contributed by atoms with E-state index < -0.39 is 5.97 Å². The quantitative estimate of drug-likeness (QED) is 0.845. The van der Waals surface area contributed by atoms with Crippen LogP contribution in [0.2, 0.25) is 0 Å². The van der Waals surface area contributed by atoms with Crippen molar-refractivity contribution in [2.45, 2.75) is 45.2 Å². The van der Waals surface area contributed by atoms with Gasteiger partial charge in [-0.3, -0.25) is 19.4 Å². The van der Waals surface area contributed by atoms with Crippen LogP contribution < -0.4 is 5.32 Å². The number of hydrogen-bond donors (Lipinski definition) is 2. The first-order valence-corrected chi connectivity index (χ1v) is 9.57. The molecule has 2 saturated heterocycles. The van der Waals surface area contributed by atoms with Gasteiger partial charge >= 0.3 is 5.97 Å². The van der Waals surface area contributed by atoms with E-state index in [9.17, 15) is 14.7 Å². The summed E-state index contributed by atoms with van der Waals surface area (Å²) in [6, 6.07) is 8.56. The van der Waals surface area contributed by atoms with Crippen LogP contribution in [0, 0.1) is 5.92 Å². The van der Waals surface area contributed by atoms with Crippen LogP contribution in [0.3, 0.4) is 0 Å². The van der Waals surface area contributed by atoms with E-state index >= 15 is 0 Å². The molecular formula is C20H29N3O3. The molecule has 0 radical (unpaired) electrons. The van der Waals surface area contributed by atoms with E-state index in [0.29, 0.717) is 12.6 Å². The van der Waals surface area contributed by atoms with Gasteiger partial charge in [-0.25, -0.2) is 0 Å².